The van der Waals surface area contributed by atoms with E-state index in [1.165, 1.54) is 42.9 Å². The van der Waals surface area contributed by atoms with E-state index in [4.69, 9.17) is 19.2 Å². The number of piperidine rings is 1. The molecule has 16 nitrogen and oxygen atoms in total. The molecular formula is C56H70N8O8S. The zero-order chi connectivity index (χ0) is 50.6. The van der Waals surface area contributed by atoms with Crippen LogP contribution in [0.5, 0.6) is 23.1 Å². The number of anilines is 2. The normalized spacial score (nSPS) is 23.2. The summed E-state index contributed by atoms with van der Waals surface area (Å²) in [6.07, 6.45) is 14.6. The Morgan fingerprint density at radius 2 is 1.75 bits per heavy atom. The zero-order valence-electron chi connectivity index (χ0n) is 42.6. The van der Waals surface area contributed by atoms with Crippen molar-refractivity contribution < 1.29 is 32.3 Å². The number of benzene rings is 3. The third-order valence-corrected chi connectivity index (χ3v) is 18.5. The summed E-state index contributed by atoms with van der Waals surface area (Å²) < 4.78 is 49.8. The van der Waals surface area contributed by atoms with Crippen LogP contribution < -0.4 is 34.5 Å². The average molecular weight is 1020 g/mol. The van der Waals surface area contributed by atoms with Gasteiger partial charge in [-0.15, -0.1) is 0 Å². The number of nitro groups is 1. The van der Waals surface area contributed by atoms with E-state index in [1.54, 1.807) is 24.4 Å². The highest BCUT2D eigenvalue weighted by Crippen LogP contribution is 2.55. The van der Waals surface area contributed by atoms with E-state index in [-0.39, 0.29) is 69.8 Å². The van der Waals surface area contributed by atoms with E-state index in [9.17, 15) is 23.3 Å². The van der Waals surface area contributed by atoms with E-state index in [2.05, 4.69) is 82.1 Å². The smallest absolute Gasteiger partial charge is 0.297 e. The predicted molar refractivity (Wildman–Crippen MR) is 282 cm³/mol. The van der Waals surface area contributed by atoms with E-state index in [0.717, 1.165) is 94.7 Å². The Morgan fingerprint density at radius 1 is 0.959 bits per heavy atom. The van der Waals surface area contributed by atoms with Gasteiger partial charge in [-0.2, -0.15) is 4.98 Å². The fourth-order valence-electron chi connectivity index (χ4n) is 12.9. The maximum absolute atomic E-state index is 14.5. The monoisotopic (exact) mass is 1010 g/mol. The number of hydrogen-bond donors (Lipinski definition) is 4. The molecule has 388 valence electrons. The lowest BCUT2D eigenvalue weighted by Gasteiger charge is -2.56. The molecular weight excluding hydrogens is 945 g/mol. The molecule has 17 heteroatoms. The minimum absolute atomic E-state index is 0.0455. The molecule has 5 aromatic rings. The first-order valence-electron chi connectivity index (χ1n) is 26.7. The Morgan fingerprint density at radius 3 is 2.51 bits per heavy atom. The zero-order valence-corrected chi connectivity index (χ0v) is 43.4. The van der Waals surface area contributed by atoms with Crippen molar-refractivity contribution in [2.24, 2.45) is 16.7 Å². The molecule has 6 aliphatic rings. The third kappa shape index (κ3) is 10.1. The van der Waals surface area contributed by atoms with Crippen LogP contribution in [0.25, 0.3) is 11.0 Å². The minimum atomic E-state index is -4.69. The fourth-order valence-corrected chi connectivity index (χ4v) is 13.9. The molecule has 2 saturated carbocycles. The number of H-pyrrole nitrogens is 1. The fraction of sp³-hybridized carbons (Fsp3) is 0.536. The van der Waals surface area contributed by atoms with Crippen LogP contribution in [0.15, 0.2) is 77.8 Å². The largest absolute Gasteiger partial charge is 0.489 e. The van der Waals surface area contributed by atoms with Gasteiger partial charge in [0.2, 0.25) is 0 Å². The summed E-state index contributed by atoms with van der Waals surface area (Å²) in [6.45, 7) is 13.4. The molecule has 2 aromatic heterocycles. The number of ether oxygens (including phenoxy) is 3. The Bertz CT molecular complexity index is 2980. The van der Waals surface area contributed by atoms with Crippen molar-refractivity contribution >= 4 is 44.0 Å². The molecule has 2 aliphatic carbocycles. The molecule has 1 amide bonds. The second-order valence-corrected chi connectivity index (χ2v) is 24.6. The van der Waals surface area contributed by atoms with Crippen molar-refractivity contribution in [1.82, 2.24) is 24.9 Å². The molecule has 3 aromatic carbocycles. The van der Waals surface area contributed by atoms with Crippen molar-refractivity contribution in [3.05, 3.63) is 99.7 Å². The number of nitrogens with zero attached hydrogens (tertiary/aromatic N) is 4. The minimum Gasteiger partial charge on any atom is -0.489 e. The van der Waals surface area contributed by atoms with E-state index >= 15 is 0 Å². The van der Waals surface area contributed by atoms with Crippen molar-refractivity contribution in [2.75, 3.05) is 49.6 Å². The first-order chi connectivity index (χ1) is 35.1. The molecule has 11 rings (SSSR count). The molecule has 1 spiro atoms. The molecule has 4 N–H and O–H groups in total. The maximum atomic E-state index is 14.5. The number of aromatic amines is 1. The average Bonchev–Trinajstić information content (AvgIpc) is 4.18. The van der Waals surface area contributed by atoms with Gasteiger partial charge in [-0.3, -0.25) is 19.8 Å². The molecule has 4 aliphatic heterocycles. The quantitative estimate of drug-likeness (QED) is 0.0607. The number of aromatic nitrogens is 2. The van der Waals surface area contributed by atoms with Crippen LogP contribution >= 0.6 is 0 Å². The molecule has 73 heavy (non-hydrogen) atoms. The van der Waals surface area contributed by atoms with Crippen molar-refractivity contribution in [2.45, 2.75) is 140 Å². The first kappa shape index (κ1) is 49.3. The van der Waals surface area contributed by atoms with Gasteiger partial charge in [-0.05, 0) is 148 Å². The second kappa shape index (κ2) is 19.7. The highest BCUT2D eigenvalue weighted by Gasteiger charge is 2.50. The first-order valence-corrected chi connectivity index (χ1v) is 28.1. The van der Waals surface area contributed by atoms with Gasteiger partial charge in [-0.25, -0.2) is 13.1 Å². The third-order valence-electron chi connectivity index (χ3n) is 17.2. The number of rotatable bonds is 14. The van der Waals surface area contributed by atoms with E-state index < -0.39 is 31.4 Å². The number of amides is 1. The predicted octanol–water partition coefficient (Wildman–Crippen LogP) is 10.6. The van der Waals surface area contributed by atoms with E-state index in [1.807, 2.05) is 12.1 Å². The van der Waals surface area contributed by atoms with Crippen LogP contribution in [0.4, 0.5) is 17.1 Å². The number of sulfonamides is 1. The Kier molecular flexibility index (Phi) is 13.3. The Hall–Kier alpha value is -5.91. The molecule has 3 atom stereocenters. The van der Waals surface area contributed by atoms with Crippen LogP contribution in [0.3, 0.4) is 0 Å². The molecule has 5 fully saturated rings. The van der Waals surface area contributed by atoms with Gasteiger partial charge in [0.05, 0.1) is 21.4 Å². The lowest BCUT2D eigenvalue weighted by molar-refractivity contribution is -0.384. The standard InChI is InChI=1S/C56H70N8O8S/c1-35(2)42-10-5-6-11-43(42)46-12-8-24-63(46)40-31-56(32-40)20-25-62(26-21-56)39-13-14-44(48(28-39)72-50-27-37-17-23-58-52(37)60-54(50)71-33-38-9-7-22-57-38)53(65)61-73(68,69)41-29-47(64(66)67)51-49(30-41)70-34-45(59-51)36-15-18-55(3,4)19-16-36/h5-6,10-11,13-14,17,23,27-30,35-36,38,40,45-46,57,59H,7-9,12,15-16,18-22,24-26,31-34H2,1-4H3,(H,58,60)(H,61,65)/t38-,45+,46+/m0/s1. The van der Waals surface area contributed by atoms with Gasteiger partial charge < -0.3 is 34.7 Å². The number of pyridine rings is 1. The molecule has 0 bridgehead atoms. The number of nitro benzene ring substituents is 1. The lowest BCUT2D eigenvalue weighted by atomic mass is 9.59. The van der Waals surface area contributed by atoms with Gasteiger partial charge in [0.15, 0.2) is 17.2 Å². The molecule has 0 unspecified atom stereocenters. The number of likely N-dealkylation sites (tertiary alicyclic amines) is 1. The molecule has 3 saturated heterocycles. The summed E-state index contributed by atoms with van der Waals surface area (Å²) in [4.78, 5) is 39.0. The second-order valence-electron chi connectivity index (χ2n) is 22.9. The van der Waals surface area contributed by atoms with Gasteiger partial charge in [0.25, 0.3) is 27.5 Å². The van der Waals surface area contributed by atoms with Crippen LogP contribution in [0, 0.1) is 26.9 Å². The van der Waals surface area contributed by atoms with Crippen LogP contribution in [-0.4, -0.2) is 91.6 Å². The summed E-state index contributed by atoms with van der Waals surface area (Å²) in [5.41, 5.74) is 4.56. The van der Waals surface area contributed by atoms with Gasteiger partial charge in [0, 0.05) is 66.7 Å². The van der Waals surface area contributed by atoms with Crippen molar-refractivity contribution in [1.29, 1.82) is 0 Å². The maximum Gasteiger partial charge on any atom is 0.297 e. The summed E-state index contributed by atoms with van der Waals surface area (Å²) in [5.74, 6) is 0.418. The summed E-state index contributed by atoms with van der Waals surface area (Å²) in [6, 6.07) is 21.1. The Balaban J connectivity index is 0.841. The van der Waals surface area contributed by atoms with Crippen molar-refractivity contribution in [3.63, 3.8) is 0 Å². The highest BCUT2D eigenvalue weighted by molar-refractivity contribution is 7.90. The van der Waals surface area contributed by atoms with E-state index in [0.29, 0.717) is 30.3 Å². The molecule has 0 radical (unpaired) electrons. The molecule has 6 heterocycles. The van der Waals surface area contributed by atoms with Crippen molar-refractivity contribution in [3.8, 4) is 23.1 Å². The Labute approximate surface area is 428 Å². The number of carbonyl (C=O) groups is 1. The topological polar surface area (TPSA) is 193 Å². The highest BCUT2D eigenvalue weighted by atomic mass is 32.2. The van der Waals surface area contributed by atoms with Crippen LogP contribution in [0.2, 0.25) is 0 Å². The SMILES string of the molecule is CC(C)c1ccccc1[C@H]1CCCN1C1CC2(CCN(c3ccc(C(=O)NS(=O)(=O)c4cc5c(c([N+](=O)[O-])c4)N[C@@H](C4CCC(C)(C)CC4)CO5)c(Oc4cc5cc[nH]c5nc4OC[C@@H]4CCCN4)c3)CC2)C1. The number of carbonyl (C=O) groups excluding carboxylic acids is 1. The van der Waals surface area contributed by atoms with Gasteiger partial charge >= 0.3 is 0 Å². The van der Waals surface area contributed by atoms with Gasteiger partial charge in [0.1, 0.15) is 24.6 Å². The lowest BCUT2D eigenvalue weighted by Crippen LogP contribution is -2.54. The number of nitrogens with one attached hydrogen (secondary N) is 4. The van der Waals surface area contributed by atoms with Gasteiger partial charge in [-0.1, -0.05) is 52.0 Å². The van der Waals surface area contributed by atoms with Crippen LogP contribution in [0.1, 0.15) is 138 Å². The number of hydrogen-bond acceptors (Lipinski definition) is 13. The summed E-state index contributed by atoms with van der Waals surface area (Å²) in [7, 11) is -4.69. The number of fused-ring (bicyclic) bond motifs is 2. The summed E-state index contributed by atoms with van der Waals surface area (Å²) in [5, 5.41) is 20.1. The summed E-state index contributed by atoms with van der Waals surface area (Å²) >= 11 is 0. The van der Waals surface area contributed by atoms with Crippen LogP contribution in [-0.2, 0) is 10.0 Å².